The third kappa shape index (κ3) is 7.05. The van der Waals surface area contributed by atoms with Crippen molar-refractivity contribution in [3.05, 3.63) is 12.3 Å². The summed E-state index contributed by atoms with van der Waals surface area (Å²) in [6.07, 6.45) is 10.2. The summed E-state index contributed by atoms with van der Waals surface area (Å²) < 4.78 is 11.3. The molecule has 0 bridgehead atoms. The number of unbranched alkanes of at least 4 members (excludes halogenated alkanes) is 4. The minimum absolute atomic E-state index is 0.398. The lowest BCUT2D eigenvalue weighted by Crippen LogP contribution is -2.25. The Morgan fingerprint density at radius 1 is 1.28 bits per heavy atom. The van der Waals surface area contributed by atoms with E-state index in [9.17, 15) is 0 Å². The first-order chi connectivity index (χ1) is 8.72. The number of rotatable bonds is 9. The van der Waals surface area contributed by atoms with Crippen molar-refractivity contribution in [1.29, 1.82) is 0 Å². The number of ether oxygens (including phenoxy) is 2. The van der Waals surface area contributed by atoms with Crippen molar-refractivity contribution in [1.82, 2.24) is 0 Å². The van der Waals surface area contributed by atoms with Gasteiger partial charge in [0, 0.05) is 13.0 Å². The average molecular weight is 254 g/mol. The van der Waals surface area contributed by atoms with Gasteiger partial charge in [0.05, 0.1) is 18.5 Å². The zero-order chi connectivity index (χ0) is 13.2. The summed E-state index contributed by atoms with van der Waals surface area (Å²) in [7, 11) is 0. The molecule has 1 rings (SSSR count). The van der Waals surface area contributed by atoms with Crippen LogP contribution in [0.1, 0.15) is 65.2 Å². The Kier molecular flexibility index (Phi) is 8.15. The number of hydrogen-bond donors (Lipinski definition) is 0. The van der Waals surface area contributed by atoms with Crippen LogP contribution in [-0.4, -0.2) is 19.3 Å². The molecule has 106 valence electrons. The third-order valence-corrected chi connectivity index (χ3v) is 3.68. The van der Waals surface area contributed by atoms with E-state index in [1.165, 1.54) is 32.1 Å². The second-order valence-electron chi connectivity index (χ2n) is 5.59. The standard InChI is InChI=1S/C16H30O2/c1-4-5-6-7-8-9-14(2)18-13-16-10-11-17-15(3)12-16/h15-16H,2,4-13H2,1,3H3. The molecule has 2 heteroatoms. The first-order valence-corrected chi connectivity index (χ1v) is 7.64. The molecule has 0 aromatic heterocycles. The summed E-state index contributed by atoms with van der Waals surface area (Å²) in [6.45, 7) is 10.1. The van der Waals surface area contributed by atoms with Gasteiger partial charge in [-0.3, -0.25) is 0 Å². The Labute approximate surface area is 113 Å². The van der Waals surface area contributed by atoms with Gasteiger partial charge >= 0.3 is 0 Å². The van der Waals surface area contributed by atoms with Gasteiger partial charge in [-0.2, -0.15) is 0 Å². The highest BCUT2D eigenvalue weighted by Gasteiger charge is 2.19. The predicted octanol–water partition coefficient (Wildman–Crippen LogP) is 4.69. The monoisotopic (exact) mass is 254 g/mol. The maximum atomic E-state index is 5.79. The van der Waals surface area contributed by atoms with Crippen molar-refractivity contribution in [2.45, 2.75) is 71.3 Å². The summed E-state index contributed by atoms with van der Waals surface area (Å²) in [4.78, 5) is 0. The first-order valence-electron chi connectivity index (χ1n) is 7.64. The van der Waals surface area contributed by atoms with Gasteiger partial charge in [-0.25, -0.2) is 0 Å². The van der Waals surface area contributed by atoms with Gasteiger partial charge in [0.2, 0.25) is 0 Å². The second-order valence-corrected chi connectivity index (χ2v) is 5.59. The molecular formula is C16H30O2. The molecule has 18 heavy (non-hydrogen) atoms. The summed E-state index contributed by atoms with van der Waals surface area (Å²) >= 11 is 0. The molecule has 2 nitrogen and oxygen atoms in total. The molecule has 0 saturated carbocycles. The van der Waals surface area contributed by atoms with Crippen molar-refractivity contribution in [2.24, 2.45) is 5.92 Å². The SMILES string of the molecule is C=C(CCCCCCC)OCC1CCOC(C)C1. The normalized spacial score (nSPS) is 23.9. The Balaban J connectivity index is 1.99. The van der Waals surface area contributed by atoms with Gasteiger partial charge < -0.3 is 9.47 Å². The van der Waals surface area contributed by atoms with E-state index in [2.05, 4.69) is 20.4 Å². The van der Waals surface area contributed by atoms with E-state index in [1.807, 2.05) is 0 Å². The van der Waals surface area contributed by atoms with Gasteiger partial charge in [-0.05, 0) is 32.1 Å². The summed E-state index contributed by atoms with van der Waals surface area (Å²) in [5.41, 5.74) is 0. The van der Waals surface area contributed by atoms with Crippen LogP contribution in [0.3, 0.4) is 0 Å². The summed E-state index contributed by atoms with van der Waals surface area (Å²) in [5.74, 6) is 1.64. The van der Waals surface area contributed by atoms with Crippen LogP contribution >= 0.6 is 0 Å². The molecule has 1 aliphatic rings. The van der Waals surface area contributed by atoms with Crippen LogP contribution in [0, 0.1) is 5.92 Å². The summed E-state index contributed by atoms with van der Waals surface area (Å²) in [6, 6.07) is 0. The lowest BCUT2D eigenvalue weighted by atomic mass is 9.97. The van der Waals surface area contributed by atoms with E-state index in [1.54, 1.807) is 0 Å². The zero-order valence-electron chi connectivity index (χ0n) is 12.2. The highest BCUT2D eigenvalue weighted by atomic mass is 16.5. The fourth-order valence-electron chi connectivity index (χ4n) is 2.48. The third-order valence-electron chi connectivity index (χ3n) is 3.68. The molecule has 1 saturated heterocycles. The molecule has 0 aromatic rings. The van der Waals surface area contributed by atoms with E-state index < -0.39 is 0 Å². The number of hydrogen-bond acceptors (Lipinski definition) is 2. The molecular weight excluding hydrogens is 224 g/mol. The second kappa shape index (κ2) is 9.43. The van der Waals surface area contributed by atoms with Gasteiger partial charge in [0.25, 0.3) is 0 Å². The van der Waals surface area contributed by atoms with Crippen LogP contribution in [0.5, 0.6) is 0 Å². The van der Waals surface area contributed by atoms with E-state index in [-0.39, 0.29) is 0 Å². The Bertz CT molecular complexity index is 225. The number of allylic oxidation sites excluding steroid dienone is 1. The quantitative estimate of drug-likeness (QED) is 0.439. The van der Waals surface area contributed by atoms with Gasteiger partial charge in [0.15, 0.2) is 0 Å². The Morgan fingerprint density at radius 3 is 2.78 bits per heavy atom. The maximum absolute atomic E-state index is 5.79. The van der Waals surface area contributed by atoms with E-state index in [0.717, 1.165) is 38.2 Å². The smallest absolute Gasteiger partial charge is 0.0907 e. The fourth-order valence-corrected chi connectivity index (χ4v) is 2.48. The van der Waals surface area contributed by atoms with Crippen molar-refractivity contribution < 1.29 is 9.47 Å². The minimum Gasteiger partial charge on any atom is -0.498 e. The van der Waals surface area contributed by atoms with Crippen LogP contribution in [0.2, 0.25) is 0 Å². The highest BCUT2D eigenvalue weighted by molar-refractivity contribution is 4.83. The first kappa shape index (κ1) is 15.6. The molecule has 0 N–H and O–H groups in total. The molecule has 1 heterocycles. The van der Waals surface area contributed by atoms with Crippen molar-refractivity contribution in [2.75, 3.05) is 13.2 Å². The van der Waals surface area contributed by atoms with Crippen molar-refractivity contribution in [3.8, 4) is 0 Å². The van der Waals surface area contributed by atoms with Crippen molar-refractivity contribution in [3.63, 3.8) is 0 Å². The van der Waals surface area contributed by atoms with Crippen LogP contribution in [0.15, 0.2) is 12.3 Å². The van der Waals surface area contributed by atoms with Crippen LogP contribution < -0.4 is 0 Å². The topological polar surface area (TPSA) is 18.5 Å². The molecule has 2 atom stereocenters. The Morgan fingerprint density at radius 2 is 2.06 bits per heavy atom. The lowest BCUT2D eigenvalue weighted by molar-refractivity contribution is -0.0154. The molecule has 1 aliphatic heterocycles. The van der Waals surface area contributed by atoms with Crippen LogP contribution in [-0.2, 0) is 9.47 Å². The molecule has 2 unspecified atom stereocenters. The summed E-state index contributed by atoms with van der Waals surface area (Å²) in [5, 5.41) is 0. The molecule has 0 spiro atoms. The average Bonchev–Trinajstić information content (AvgIpc) is 2.36. The van der Waals surface area contributed by atoms with E-state index in [0.29, 0.717) is 12.0 Å². The molecule has 0 aromatic carbocycles. The fraction of sp³-hybridized carbons (Fsp3) is 0.875. The maximum Gasteiger partial charge on any atom is 0.0907 e. The molecule has 0 amide bonds. The minimum atomic E-state index is 0.398. The van der Waals surface area contributed by atoms with E-state index in [4.69, 9.17) is 9.47 Å². The predicted molar refractivity (Wildman–Crippen MR) is 76.6 cm³/mol. The molecule has 0 aliphatic carbocycles. The van der Waals surface area contributed by atoms with E-state index >= 15 is 0 Å². The van der Waals surface area contributed by atoms with Crippen LogP contribution in [0.25, 0.3) is 0 Å². The lowest BCUT2D eigenvalue weighted by Gasteiger charge is -2.27. The largest absolute Gasteiger partial charge is 0.498 e. The molecule has 1 fully saturated rings. The van der Waals surface area contributed by atoms with Gasteiger partial charge in [0.1, 0.15) is 0 Å². The Hall–Kier alpha value is -0.500. The molecule has 0 radical (unpaired) electrons. The van der Waals surface area contributed by atoms with Gasteiger partial charge in [-0.1, -0.05) is 39.2 Å². The zero-order valence-corrected chi connectivity index (χ0v) is 12.2. The highest BCUT2D eigenvalue weighted by Crippen LogP contribution is 2.21. The van der Waals surface area contributed by atoms with Gasteiger partial charge in [-0.15, -0.1) is 0 Å². The van der Waals surface area contributed by atoms with Crippen LogP contribution in [0.4, 0.5) is 0 Å². The van der Waals surface area contributed by atoms with Crippen molar-refractivity contribution >= 4 is 0 Å².